The van der Waals surface area contributed by atoms with Crippen molar-refractivity contribution < 1.29 is 0 Å². The van der Waals surface area contributed by atoms with Gasteiger partial charge in [-0.2, -0.15) is 0 Å². The molecule has 1 saturated heterocycles. The number of likely N-dealkylation sites (tertiary alicyclic amines) is 1. The first kappa shape index (κ1) is 18.8. The Balaban J connectivity index is 1.50. The Morgan fingerprint density at radius 1 is 0.821 bits per heavy atom. The summed E-state index contributed by atoms with van der Waals surface area (Å²) in [5, 5.41) is 9.80. The minimum atomic E-state index is 0.716. The highest BCUT2D eigenvalue weighted by molar-refractivity contribution is 7.99. The van der Waals surface area contributed by atoms with E-state index in [1.807, 2.05) is 36.4 Å². The molecule has 28 heavy (non-hydrogen) atoms. The van der Waals surface area contributed by atoms with Gasteiger partial charge in [-0.15, -0.1) is 10.2 Å². The van der Waals surface area contributed by atoms with Crippen molar-refractivity contribution in [1.29, 1.82) is 0 Å². The Kier molecular flexibility index (Phi) is 6.44. The molecule has 1 aromatic heterocycles. The van der Waals surface area contributed by atoms with Crippen LogP contribution in [0.4, 0.5) is 0 Å². The molecule has 4 rings (SSSR count). The molecule has 3 aromatic rings. The molecule has 0 N–H and O–H groups in total. The third kappa shape index (κ3) is 4.64. The van der Waals surface area contributed by atoms with E-state index < -0.39 is 0 Å². The summed E-state index contributed by atoms with van der Waals surface area (Å²) in [6.45, 7) is 3.25. The number of para-hydroxylation sites is 1. The first-order valence-corrected chi connectivity index (χ1v) is 10.8. The second-order valence-corrected chi connectivity index (χ2v) is 7.76. The topological polar surface area (TPSA) is 34.0 Å². The molecule has 0 radical (unpaired) electrons. The van der Waals surface area contributed by atoms with Gasteiger partial charge < -0.3 is 0 Å². The summed E-state index contributed by atoms with van der Waals surface area (Å²) in [6, 6.07) is 20.5. The van der Waals surface area contributed by atoms with Gasteiger partial charge in [0.05, 0.1) is 12.3 Å². The summed E-state index contributed by atoms with van der Waals surface area (Å²) in [5.74, 6) is 8.19. The number of piperidine rings is 1. The van der Waals surface area contributed by atoms with Crippen LogP contribution in [0.15, 0.2) is 65.8 Å². The number of thioether (sulfide) groups is 1. The maximum atomic E-state index is 4.47. The minimum absolute atomic E-state index is 0.716. The predicted molar refractivity (Wildman–Crippen MR) is 116 cm³/mol. The molecule has 0 spiro atoms. The summed E-state index contributed by atoms with van der Waals surface area (Å²) >= 11 is 1.64. The van der Waals surface area contributed by atoms with Crippen LogP contribution in [0.1, 0.15) is 19.3 Å². The van der Waals surface area contributed by atoms with Crippen LogP contribution in [0.2, 0.25) is 0 Å². The molecule has 5 heteroatoms. The number of hydrogen-bond acceptors (Lipinski definition) is 4. The molecule has 0 saturated carbocycles. The number of rotatable bonds is 5. The fourth-order valence-electron chi connectivity index (χ4n) is 3.38. The number of aromatic nitrogens is 3. The van der Waals surface area contributed by atoms with E-state index in [-0.39, 0.29) is 0 Å². The highest BCUT2D eigenvalue weighted by Crippen LogP contribution is 2.27. The zero-order valence-corrected chi connectivity index (χ0v) is 16.7. The molecule has 0 unspecified atom stereocenters. The molecule has 0 bridgehead atoms. The molecule has 1 aliphatic rings. The van der Waals surface area contributed by atoms with Gasteiger partial charge in [0, 0.05) is 11.3 Å². The van der Waals surface area contributed by atoms with Gasteiger partial charge >= 0.3 is 0 Å². The normalized spacial score (nSPS) is 14.4. The van der Waals surface area contributed by atoms with Crippen LogP contribution in [0.25, 0.3) is 17.1 Å². The van der Waals surface area contributed by atoms with Gasteiger partial charge in [-0.25, -0.2) is 0 Å². The second-order valence-electron chi connectivity index (χ2n) is 6.82. The fraction of sp³-hybridized carbons (Fsp3) is 0.304. The fourth-order valence-corrected chi connectivity index (χ4v) is 4.11. The van der Waals surface area contributed by atoms with Crippen LogP contribution in [0.5, 0.6) is 0 Å². The van der Waals surface area contributed by atoms with Gasteiger partial charge in [-0.1, -0.05) is 78.6 Å². The number of hydrogen-bond donors (Lipinski definition) is 0. The quantitative estimate of drug-likeness (QED) is 0.475. The lowest BCUT2D eigenvalue weighted by molar-refractivity contribution is 0.255. The van der Waals surface area contributed by atoms with Gasteiger partial charge in [0.25, 0.3) is 0 Å². The highest BCUT2D eigenvalue weighted by Gasteiger charge is 2.15. The van der Waals surface area contributed by atoms with E-state index in [0.717, 1.165) is 28.8 Å². The largest absolute Gasteiger partial charge is 0.292 e. The Morgan fingerprint density at radius 2 is 1.54 bits per heavy atom. The Labute approximate surface area is 171 Å². The predicted octanol–water partition coefficient (Wildman–Crippen LogP) is 4.52. The first-order valence-electron chi connectivity index (χ1n) is 9.79. The maximum absolute atomic E-state index is 4.47. The van der Waals surface area contributed by atoms with Crippen molar-refractivity contribution in [2.45, 2.75) is 24.4 Å². The highest BCUT2D eigenvalue weighted by atomic mass is 32.2. The molecule has 1 fully saturated rings. The lowest BCUT2D eigenvalue weighted by Gasteiger charge is -2.23. The van der Waals surface area contributed by atoms with E-state index in [4.69, 9.17) is 0 Å². The average Bonchev–Trinajstić information content (AvgIpc) is 3.19. The van der Waals surface area contributed by atoms with E-state index in [1.165, 1.54) is 32.4 Å². The van der Waals surface area contributed by atoms with E-state index in [1.54, 1.807) is 11.8 Å². The molecule has 2 heterocycles. The zero-order valence-electron chi connectivity index (χ0n) is 15.9. The van der Waals surface area contributed by atoms with Crippen LogP contribution in [-0.2, 0) is 0 Å². The van der Waals surface area contributed by atoms with Crippen LogP contribution < -0.4 is 0 Å². The van der Waals surface area contributed by atoms with Crippen molar-refractivity contribution in [3.05, 3.63) is 60.7 Å². The Bertz CT molecular complexity index is 935. The smallest absolute Gasteiger partial charge is 0.197 e. The Hall–Kier alpha value is -2.55. The number of nitrogens with zero attached hydrogens (tertiary/aromatic N) is 4. The lowest BCUT2D eigenvalue weighted by atomic mass is 10.1. The van der Waals surface area contributed by atoms with E-state index in [9.17, 15) is 0 Å². The van der Waals surface area contributed by atoms with Crippen LogP contribution >= 0.6 is 11.8 Å². The van der Waals surface area contributed by atoms with Crippen LogP contribution in [0, 0.1) is 11.8 Å². The van der Waals surface area contributed by atoms with Gasteiger partial charge in [0.1, 0.15) is 0 Å². The summed E-state index contributed by atoms with van der Waals surface area (Å²) in [7, 11) is 0. The van der Waals surface area contributed by atoms with Crippen LogP contribution in [0.3, 0.4) is 0 Å². The van der Waals surface area contributed by atoms with Crippen molar-refractivity contribution in [3.8, 4) is 28.9 Å². The number of benzene rings is 2. The van der Waals surface area contributed by atoms with Crippen molar-refractivity contribution in [1.82, 2.24) is 19.7 Å². The summed E-state index contributed by atoms with van der Waals surface area (Å²) < 4.78 is 2.12. The van der Waals surface area contributed by atoms with Gasteiger partial charge in [-0.05, 0) is 38.1 Å². The SMILES string of the molecule is C(#CCN1CCCCC1)CSc1nnc(-c2ccccc2)n1-c1ccccc1. The molecule has 142 valence electrons. The van der Waals surface area contributed by atoms with Crippen molar-refractivity contribution in [2.24, 2.45) is 0 Å². The zero-order chi connectivity index (χ0) is 19.0. The summed E-state index contributed by atoms with van der Waals surface area (Å²) in [4.78, 5) is 2.45. The third-order valence-electron chi connectivity index (χ3n) is 4.83. The molecule has 2 aromatic carbocycles. The molecule has 0 aliphatic carbocycles. The first-order chi connectivity index (χ1) is 13.9. The molecular weight excluding hydrogens is 364 g/mol. The van der Waals surface area contributed by atoms with Crippen molar-refractivity contribution >= 4 is 11.8 Å². The molecular formula is C23H24N4S. The third-order valence-corrected chi connectivity index (χ3v) is 5.64. The standard InChI is InChI=1S/C23H24N4S/c1-4-12-20(13-5-1)22-24-25-23(27(22)21-14-6-2-7-15-21)28-19-11-10-18-26-16-8-3-9-17-26/h1-2,4-7,12-15H,3,8-9,16-19H2. The molecule has 4 nitrogen and oxygen atoms in total. The van der Waals surface area contributed by atoms with Crippen LogP contribution in [-0.4, -0.2) is 45.1 Å². The van der Waals surface area contributed by atoms with E-state index in [2.05, 4.69) is 55.8 Å². The van der Waals surface area contributed by atoms with Gasteiger partial charge in [-0.3, -0.25) is 9.47 Å². The minimum Gasteiger partial charge on any atom is -0.292 e. The summed E-state index contributed by atoms with van der Waals surface area (Å²) in [5.41, 5.74) is 2.12. The van der Waals surface area contributed by atoms with E-state index in [0.29, 0.717) is 5.75 Å². The average molecular weight is 389 g/mol. The maximum Gasteiger partial charge on any atom is 0.197 e. The molecule has 0 atom stereocenters. The van der Waals surface area contributed by atoms with Crippen molar-refractivity contribution in [2.75, 3.05) is 25.4 Å². The van der Waals surface area contributed by atoms with Crippen molar-refractivity contribution in [3.63, 3.8) is 0 Å². The monoisotopic (exact) mass is 388 g/mol. The lowest BCUT2D eigenvalue weighted by Crippen LogP contribution is -2.29. The van der Waals surface area contributed by atoms with Gasteiger partial charge in [0.2, 0.25) is 0 Å². The van der Waals surface area contributed by atoms with E-state index >= 15 is 0 Å². The molecule has 1 aliphatic heterocycles. The summed E-state index contributed by atoms with van der Waals surface area (Å²) in [6.07, 6.45) is 3.97. The molecule has 0 amide bonds. The Morgan fingerprint density at radius 3 is 2.29 bits per heavy atom. The second kappa shape index (κ2) is 9.59. The van der Waals surface area contributed by atoms with Gasteiger partial charge in [0.15, 0.2) is 11.0 Å².